The molecule has 2 heterocycles. The van der Waals surface area contributed by atoms with Crippen LogP contribution in [0.1, 0.15) is 19.8 Å². The van der Waals surface area contributed by atoms with Crippen LogP contribution in [-0.2, 0) is 0 Å². The van der Waals surface area contributed by atoms with Crippen molar-refractivity contribution in [3.63, 3.8) is 0 Å². The molecular weight excluding hydrogens is 170 g/mol. The molecular formula is C8H17N3S. The molecule has 2 fully saturated rings. The normalized spacial score (nSPS) is 37.8. The zero-order valence-electron chi connectivity index (χ0n) is 7.60. The zero-order valence-corrected chi connectivity index (χ0v) is 8.41. The highest BCUT2D eigenvalue weighted by Crippen LogP contribution is 2.26. The van der Waals surface area contributed by atoms with Gasteiger partial charge in [0.15, 0.2) is 0 Å². The lowest BCUT2D eigenvalue weighted by atomic mass is 9.90. The van der Waals surface area contributed by atoms with Crippen LogP contribution in [0, 0.1) is 0 Å². The molecule has 0 aromatic carbocycles. The van der Waals surface area contributed by atoms with Crippen molar-refractivity contribution in [1.29, 1.82) is 0 Å². The summed E-state index contributed by atoms with van der Waals surface area (Å²) in [5.74, 6) is 0. The molecule has 0 aromatic rings. The molecule has 0 aromatic heterocycles. The molecule has 70 valence electrons. The summed E-state index contributed by atoms with van der Waals surface area (Å²) in [6.45, 7) is 7.05. The lowest BCUT2D eigenvalue weighted by Crippen LogP contribution is -2.54. The lowest BCUT2D eigenvalue weighted by molar-refractivity contribution is 0.155. The van der Waals surface area contributed by atoms with Gasteiger partial charge in [0.25, 0.3) is 0 Å². The van der Waals surface area contributed by atoms with Crippen molar-refractivity contribution in [2.75, 3.05) is 26.2 Å². The zero-order chi connectivity index (χ0) is 8.44. The number of piperidine rings is 1. The molecule has 1 atom stereocenters. The average molecular weight is 187 g/mol. The van der Waals surface area contributed by atoms with Gasteiger partial charge in [0.05, 0.1) is 5.54 Å². The molecule has 2 N–H and O–H groups in total. The van der Waals surface area contributed by atoms with Gasteiger partial charge in [-0.1, -0.05) is 6.92 Å². The van der Waals surface area contributed by atoms with Gasteiger partial charge in [-0.3, -0.25) is 0 Å². The quantitative estimate of drug-likeness (QED) is 0.588. The van der Waals surface area contributed by atoms with E-state index in [1.54, 1.807) is 12.1 Å². The van der Waals surface area contributed by atoms with E-state index >= 15 is 0 Å². The number of likely N-dealkylation sites (N-methyl/N-ethyl adjacent to an activating group) is 1. The van der Waals surface area contributed by atoms with Crippen LogP contribution in [0.2, 0.25) is 0 Å². The monoisotopic (exact) mass is 187 g/mol. The van der Waals surface area contributed by atoms with Crippen LogP contribution in [-0.4, -0.2) is 36.6 Å². The topological polar surface area (TPSA) is 27.3 Å². The van der Waals surface area contributed by atoms with E-state index in [2.05, 4.69) is 21.3 Å². The van der Waals surface area contributed by atoms with Crippen molar-refractivity contribution >= 4 is 12.1 Å². The van der Waals surface area contributed by atoms with E-state index in [1.807, 2.05) is 0 Å². The number of hydrogen-bond donors (Lipinski definition) is 2. The fourth-order valence-electron chi connectivity index (χ4n) is 2.08. The predicted octanol–water partition coefficient (Wildman–Crippen LogP) is 0.597. The summed E-state index contributed by atoms with van der Waals surface area (Å²) in [7, 11) is 0. The molecule has 0 aliphatic carbocycles. The van der Waals surface area contributed by atoms with Crippen molar-refractivity contribution in [2.24, 2.45) is 0 Å². The Kier molecular flexibility index (Phi) is 2.60. The van der Waals surface area contributed by atoms with E-state index in [0.717, 1.165) is 6.54 Å². The van der Waals surface area contributed by atoms with E-state index in [-0.39, 0.29) is 0 Å². The first-order valence-electron chi connectivity index (χ1n) is 4.73. The summed E-state index contributed by atoms with van der Waals surface area (Å²) in [5.41, 5.74) is 0.374. The smallest absolute Gasteiger partial charge is 0.0555 e. The second-order valence-corrected chi connectivity index (χ2v) is 4.47. The van der Waals surface area contributed by atoms with Crippen molar-refractivity contribution in [3.8, 4) is 0 Å². The largest absolute Gasteiger partial charge is 0.302 e. The molecule has 2 aliphatic rings. The number of nitrogens with zero attached hydrogens (tertiary/aromatic N) is 1. The Labute approximate surface area is 78.5 Å². The number of nitrogens with one attached hydrogen (secondary N) is 2. The molecule has 2 saturated heterocycles. The Morgan fingerprint density at radius 2 is 2.50 bits per heavy atom. The average Bonchev–Trinajstić information content (AvgIpc) is 2.53. The molecule has 2 rings (SSSR count). The third-order valence-corrected chi connectivity index (χ3v) is 3.68. The maximum absolute atomic E-state index is 3.50. The third kappa shape index (κ3) is 1.62. The second kappa shape index (κ2) is 3.54. The first-order valence-corrected chi connectivity index (χ1v) is 5.54. The summed E-state index contributed by atoms with van der Waals surface area (Å²) in [4.78, 5) is 2.53. The van der Waals surface area contributed by atoms with Crippen LogP contribution in [0.15, 0.2) is 0 Å². The minimum absolute atomic E-state index is 0.374. The number of rotatable bonds is 1. The van der Waals surface area contributed by atoms with Gasteiger partial charge >= 0.3 is 0 Å². The van der Waals surface area contributed by atoms with Crippen molar-refractivity contribution in [2.45, 2.75) is 25.3 Å². The van der Waals surface area contributed by atoms with Gasteiger partial charge in [-0.2, -0.15) is 0 Å². The minimum atomic E-state index is 0.374. The highest BCUT2D eigenvalue weighted by Gasteiger charge is 2.37. The summed E-state index contributed by atoms with van der Waals surface area (Å²) in [6, 6.07) is 0. The minimum Gasteiger partial charge on any atom is -0.302 e. The Balaban J connectivity index is 1.97. The molecule has 0 saturated carbocycles. The van der Waals surface area contributed by atoms with Gasteiger partial charge in [0.2, 0.25) is 0 Å². The Bertz CT molecular complexity index is 156. The molecule has 12 heavy (non-hydrogen) atoms. The van der Waals surface area contributed by atoms with Crippen LogP contribution in [0.4, 0.5) is 0 Å². The van der Waals surface area contributed by atoms with E-state index < -0.39 is 0 Å². The Morgan fingerprint density at radius 3 is 3.17 bits per heavy atom. The van der Waals surface area contributed by atoms with Gasteiger partial charge in [-0.25, -0.2) is 9.44 Å². The van der Waals surface area contributed by atoms with Gasteiger partial charge < -0.3 is 4.90 Å². The van der Waals surface area contributed by atoms with Crippen molar-refractivity contribution < 1.29 is 0 Å². The Morgan fingerprint density at radius 1 is 1.58 bits per heavy atom. The van der Waals surface area contributed by atoms with E-state index in [9.17, 15) is 0 Å². The first kappa shape index (κ1) is 8.81. The van der Waals surface area contributed by atoms with Gasteiger partial charge in [0, 0.05) is 25.2 Å². The van der Waals surface area contributed by atoms with Crippen LogP contribution >= 0.6 is 12.1 Å². The molecule has 1 unspecified atom stereocenters. The van der Waals surface area contributed by atoms with Crippen LogP contribution < -0.4 is 9.44 Å². The standard InChI is InChI=1S/C8H17N3S/c1-2-11-5-3-4-8(7-11)6-9-12-10-8/h9-10H,2-7H2,1H3. The van der Waals surface area contributed by atoms with Gasteiger partial charge in [-0.05, 0) is 25.9 Å². The summed E-state index contributed by atoms with van der Waals surface area (Å²) in [6.07, 6.45) is 2.66. The van der Waals surface area contributed by atoms with E-state index in [1.165, 1.54) is 32.5 Å². The lowest BCUT2D eigenvalue weighted by Gasteiger charge is -2.38. The van der Waals surface area contributed by atoms with Gasteiger partial charge in [0.1, 0.15) is 0 Å². The fourth-order valence-corrected chi connectivity index (χ4v) is 2.96. The maximum Gasteiger partial charge on any atom is 0.0555 e. The molecule has 2 aliphatic heterocycles. The predicted molar refractivity (Wildman–Crippen MR) is 52.8 cm³/mol. The Hall–Kier alpha value is 0.230. The maximum atomic E-state index is 3.50. The SMILES string of the molecule is CCN1CCCC2(CNSN2)C1. The first-order chi connectivity index (χ1) is 5.85. The summed E-state index contributed by atoms with van der Waals surface area (Å²) >= 11 is 1.67. The summed E-state index contributed by atoms with van der Waals surface area (Å²) in [5, 5.41) is 0. The van der Waals surface area contributed by atoms with Crippen LogP contribution in [0.25, 0.3) is 0 Å². The highest BCUT2D eigenvalue weighted by atomic mass is 32.2. The number of likely N-dealkylation sites (tertiary alicyclic amines) is 1. The molecule has 1 spiro atoms. The van der Waals surface area contributed by atoms with Crippen LogP contribution in [0.3, 0.4) is 0 Å². The molecule has 0 radical (unpaired) electrons. The third-order valence-electron chi connectivity index (χ3n) is 2.85. The fraction of sp³-hybridized carbons (Fsp3) is 1.00. The van der Waals surface area contributed by atoms with E-state index in [4.69, 9.17) is 0 Å². The summed E-state index contributed by atoms with van der Waals surface area (Å²) < 4.78 is 6.81. The van der Waals surface area contributed by atoms with Crippen molar-refractivity contribution in [1.82, 2.24) is 14.3 Å². The highest BCUT2D eigenvalue weighted by molar-refractivity contribution is 7.95. The van der Waals surface area contributed by atoms with E-state index in [0.29, 0.717) is 5.54 Å². The van der Waals surface area contributed by atoms with Crippen molar-refractivity contribution in [3.05, 3.63) is 0 Å². The molecule has 0 bridgehead atoms. The van der Waals surface area contributed by atoms with Gasteiger partial charge in [-0.15, -0.1) is 0 Å². The number of hydrogen-bond acceptors (Lipinski definition) is 4. The molecule has 0 amide bonds. The van der Waals surface area contributed by atoms with Crippen LogP contribution in [0.5, 0.6) is 0 Å². The second-order valence-electron chi connectivity index (χ2n) is 3.78. The molecule has 4 heteroatoms. The molecule has 3 nitrogen and oxygen atoms in total.